The van der Waals surface area contributed by atoms with E-state index in [-0.39, 0.29) is 17.9 Å². The molecule has 5 rings (SSSR count). The van der Waals surface area contributed by atoms with Gasteiger partial charge in [-0.1, -0.05) is 42.5 Å². The third kappa shape index (κ3) is 6.89. The fourth-order valence-electron chi connectivity index (χ4n) is 5.39. The van der Waals surface area contributed by atoms with Crippen LogP contribution in [-0.2, 0) is 0 Å². The van der Waals surface area contributed by atoms with Crippen molar-refractivity contribution in [3.8, 4) is 17.2 Å². The molecule has 1 aliphatic heterocycles. The molecule has 1 aliphatic rings. The van der Waals surface area contributed by atoms with Crippen molar-refractivity contribution < 1.29 is 23.8 Å². The van der Waals surface area contributed by atoms with Gasteiger partial charge in [0.05, 0.1) is 38.6 Å². The van der Waals surface area contributed by atoms with Gasteiger partial charge in [-0.05, 0) is 55.0 Å². The molecule has 0 bridgehead atoms. The Labute approximate surface area is 258 Å². The van der Waals surface area contributed by atoms with Gasteiger partial charge in [0.1, 0.15) is 17.2 Å². The maximum Gasteiger partial charge on any atom is 0.255 e. The highest BCUT2D eigenvalue weighted by Gasteiger charge is 2.25. The number of nitrogens with zero attached hydrogens (tertiary/aromatic N) is 2. The largest absolute Gasteiger partial charge is 0.497 e. The fraction of sp³-hybridized carbons (Fsp3) is 0.257. The number of para-hydroxylation sites is 2. The molecule has 0 aromatic heterocycles. The Morgan fingerprint density at radius 3 is 1.93 bits per heavy atom. The molecule has 1 fully saturated rings. The molecular formula is C35H38N4O5. The molecule has 9 nitrogen and oxygen atoms in total. The second-order valence-electron chi connectivity index (χ2n) is 10.5. The van der Waals surface area contributed by atoms with Crippen LogP contribution in [0.2, 0.25) is 0 Å². The molecule has 44 heavy (non-hydrogen) atoms. The third-order valence-electron chi connectivity index (χ3n) is 7.81. The Balaban J connectivity index is 1.40. The number of nitrogens with one attached hydrogen (secondary N) is 2. The monoisotopic (exact) mass is 594 g/mol. The maximum atomic E-state index is 13.8. The zero-order valence-electron chi connectivity index (χ0n) is 25.5. The van der Waals surface area contributed by atoms with Crippen LogP contribution in [0, 0.1) is 0 Å². The molecule has 2 amide bonds. The van der Waals surface area contributed by atoms with Crippen molar-refractivity contribution in [3.05, 3.63) is 108 Å². The molecule has 1 atom stereocenters. The summed E-state index contributed by atoms with van der Waals surface area (Å²) >= 11 is 0. The number of benzene rings is 4. The maximum absolute atomic E-state index is 13.8. The number of methoxy groups -OCH3 is 3. The van der Waals surface area contributed by atoms with Crippen molar-refractivity contribution in [2.75, 3.05) is 62.6 Å². The molecule has 4 aromatic carbocycles. The molecular weight excluding hydrogens is 556 g/mol. The summed E-state index contributed by atoms with van der Waals surface area (Å²) < 4.78 is 16.2. The van der Waals surface area contributed by atoms with Gasteiger partial charge in [0.2, 0.25) is 0 Å². The Hall–Kier alpha value is -5.18. The summed E-state index contributed by atoms with van der Waals surface area (Å²) in [6.45, 7) is 4.90. The molecule has 228 valence electrons. The van der Waals surface area contributed by atoms with Crippen molar-refractivity contribution in [2.45, 2.75) is 13.0 Å². The van der Waals surface area contributed by atoms with Crippen molar-refractivity contribution in [2.24, 2.45) is 0 Å². The van der Waals surface area contributed by atoms with E-state index in [1.54, 1.807) is 31.4 Å². The van der Waals surface area contributed by atoms with Crippen LogP contribution in [0.25, 0.3) is 0 Å². The van der Waals surface area contributed by atoms with Gasteiger partial charge in [0.25, 0.3) is 11.8 Å². The first-order valence-electron chi connectivity index (χ1n) is 14.6. The number of carbonyl (C=O) groups is 2. The van der Waals surface area contributed by atoms with Gasteiger partial charge >= 0.3 is 0 Å². The second-order valence-corrected chi connectivity index (χ2v) is 10.5. The summed E-state index contributed by atoms with van der Waals surface area (Å²) in [4.78, 5) is 31.6. The van der Waals surface area contributed by atoms with E-state index in [1.807, 2.05) is 67.6 Å². The first kappa shape index (κ1) is 30.3. The van der Waals surface area contributed by atoms with Crippen LogP contribution in [0.5, 0.6) is 17.2 Å². The van der Waals surface area contributed by atoms with Crippen molar-refractivity contribution >= 4 is 28.9 Å². The van der Waals surface area contributed by atoms with E-state index in [4.69, 9.17) is 14.2 Å². The molecule has 0 saturated carbocycles. The van der Waals surface area contributed by atoms with Gasteiger partial charge in [-0.25, -0.2) is 0 Å². The number of hydrogen-bond acceptors (Lipinski definition) is 7. The normalized spacial score (nSPS) is 13.5. The number of carbonyl (C=O) groups excluding carboxylic acids is 2. The average molecular weight is 595 g/mol. The van der Waals surface area contributed by atoms with E-state index in [9.17, 15) is 9.59 Å². The number of rotatable bonds is 10. The smallest absolute Gasteiger partial charge is 0.255 e. The summed E-state index contributed by atoms with van der Waals surface area (Å²) in [5, 5.41) is 6.09. The molecule has 4 aromatic rings. The standard InChI is InChI=1S/C35H38N4O5/c1-24(25-10-6-5-7-11-25)36-35(41)30-22-27(37-34(40)26-20-28(42-2)23-29(21-26)43-3)14-15-31(30)38-16-18-39(19-17-38)32-12-8-9-13-33(32)44-4/h5-15,20-24H,16-19H2,1-4H3,(H,36,41)(H,37,40). The molecule has 1 heterocycles. The summed E-state index contributed by atoms with van der Waals surface area (Å²) in [7, 11) is 4.75. The van der Waals surface area contributed by atoms with E-state index < -0.39 is 0 Å². The van der Waals surface area contributed by atoms with E-state index in [2.05, 4.69) is 26.5 Å². The number of anilines is 3. The van der Waals surface area contributed by atoms with E-state index >= 15 is 0 Å². The van der Waals surface area contributed by atoms with Crippen LogP contribution in [0.15, 0.2) is 91.0 Å². The predicted octanol–water partition coefficient (Wildman–Crippen LogP) is 5.78. The summed E-state index contributed by atoms with van der Waals surface area (Å²) in [6.07, 6.45) is 0. The lowest BCUT2D eigenvalue weighted by atomic mass is 10.1. The van der Waals surface area contributed by atoms with Crippen LogP contribution in [-0.4, -0.2) is 59.3 Å². The Kier molecular flexibility index (Phi) is 9.54. The lowest BCUT2D eigenvalue weighted by Crippen LogP contribution is -2.47. The molecule has 1 unspecified atom stereocenters. The molecule has 9 heteroatoms. The first-order chi connectivity index (χ1) is 21.4. The molecule has 2 N–H and O–H groups in total. The zero-order chi connectivity index (χ0) is 31.1. The van der Waals surface area contributed by atoms with Crippen LogP contribution in [0.3, 0.4) is 0 Å². The lowest BCUT2D eigenvalue weighted by Gasteiger charge is -2.38. The molecule has 0 aliphatic carbocycles. The van der Waals surface area contributed by atoms with Crippen molar-refractivity contribution in [3.63, 3.8) is 0 Å². The van der Waals surface area contributed by atoms with Gasteiger partial charge in [0, 0.05) is 49.2 Å². The number of ether oxygens (including phenoxy) is 3. The van der Waals surface area contributed by atoms with Crippen LogP contribution in [0.4, 0.5) is 17.1 Å². The third-order valence-corrected chi connectivity index (χ3v) is 7.81. The zero-order valence-corrected chi connectivity index (χ0v) is 25.5. The van der Waals surface area contributed by atoms with E-state index in [0.29, 0.717) is 41.4 Å². The molecule has 1 saturated heterocycles. The van der Waals surface area contributed by atoms with Gasteiger partial charge in [-0.3, -0.25) is 9.59 Å². The Morgan fingerprint density at radius 1 is 0.682 bits per heavy atom. The van der Waals surface area contributed by atoms with Crippen LogP contribution < -0.4 is 34.6 Å². The minimum atomic E-state index is -0.343. The summed E-state index contributed by atoms with van der Waals surface area (Å²) in [5.41, 5.74) is 4.23. The predicted molar refractivity (Wildman–Crippen MR) is 174 cm³/mol. The van der Waals surface area contributed by atoms with E-state index in [0.717, 1.165) is 35.8 Å². The fourth-order valence-corrected chi connectivity index (χ4v) is 5.39. The van der Waals surface area contributed by atoms with Crippen LogP contribution in [0.1, 0.15) is 39.2 Å². The molecule has 0 radical (unpaired) electrons. The highest BCUT2D eigenvalue weighted by Crippen LogP contribution is 2.32. The minimum Gasteiger partial charge on any atom is -0.497 e. The number of amides is 2. The van der Waals surface area contributed by atoms with Gasteiger partial charge in [-0.2, -0.15) is 0 Å². The van der Waals surface area contributed by atoms with Crippen molar-refractivity contribution in [1.29, 1.82) is 0 Å². The lowest BCUT2D eigenvalue weighted by molar-refractivity contribution is 0.0939. The number of hydrogen-bond donors (Lipinski definition) is 2. The highest BCUT2D eigenvalue weighted by molar-refractivity contribution is 6.07. The second kappa shape index (κ2) is 13.9. The molecule has 0 spiro atoms. The van der Waals surface area contributed by atoms with Gasteiger partial charge < -0.3 is 34.6 Å². The Bertz CT molecular complexity index is 1580. The van der Waals surface area contributed by atoms with Crippen molar-refractivity contribution in [1.82, 2.24) is 5.32 Å². The van der Waals surface area contributed by atoms with E-state index in [1.165, 1.54) is 14.2 Å². The first-order valence-corrected chi connectivity index (χ1v) is 14.6. The van der Waals surface area contributed by atoms with Gasteiger partial charge in [0.15, 0.2) is 0 Å². The highest BCUT2D eigenvalue weighted by atomic mass is 16.5. The quantitative estimate of drug-likeness (QED) is 0.240. The average Bonchev–Trinajstić information content (AvgIpc) is 3.08. The minimum absolute atomic E-state index is 0.207. The summed E-state index contributed by atoms with van der Waals surface area (Å²) in [5.74, 6) is 1.29. The SMILES string of the molecule is COc1cc(OC)cc(C(=O)Nc2ccc(N3CCN(c4ccccc4OC)CC3)c(C(=O)NC(C)c3ccccc3)c2)c1. The van der Waals surface area contributed by atoms with Gasteiger partial charge in [-0.15, -0.1) is 0 Å². The Morgan fingerprint density at radius 2 is 1.30 bits per heavy atom. The summed E-state index contributed by atoms with van der Waals surface area (Å²) in [6, 6.07) is 28.1. The topological polar surface area (TPSA) is 92.4 Å². The number of piperazine rings is 1. The van der Waals surface area contributed by atoms with Crippen LogP contribution >= 0.6 is 0 Å².